The standard InChI is InChI=1S/C15H17NO6/c1-20-13-8-12(22-15(19)14(18)21-10-17)5-4-11(13)9-16-6-2-3-7-16/h4-5,8,10H,2-3,6-7,9H2,1H3. The van der Waals surface area contributed by atoms with Crippen molar-refractivity contribution in [3.05, 3.63) is 23.8 Å². The van der Waals surface area contributed by atoms with Gasteiger partial charge in [0.2, 0.25) is 0 Å². The van der Waals surface area contributed by atoms with E-state index in [0.717, 1.165) is 25.2 Å². The van der Waals surface area contributed by atoms with Crippen LogP contribution in [-0.2, 0) is 25.7 Å². The minimum atomic E-state index is -1.37. The zero-order valence-corrected chi connectivity index (χ0v) is 12.2. The van der Waals surface area contributed by atoms with E-state index in [9.17, 15) is 14.4 Å². The van der Waals surface area contributed by atoms with E-state index in [-0.39, 0.29) is 12.2 Å². The first kappa shape index (κ1) is 16.0. The Morgan fingerprint density at radius 3 is 2.59 bits per heavy atom. The van der Waals surface area contributed by atoms with Gasteiger partial charge in [0.05, 0.1) is 7.11 Å². The van der Waals surface area contributed by atoms with Gasteiger partial charge >= 0.3 is 18.4 Å². The second-order valence-corrected chi connectivity index (χ2v) is 4.85. The summed E-state index contributed by atoms with van der Waals surface area (Å²) in [5, 5.41) is 0. The van der Waals surface area contributed by atoms with Gasteiger partial charge in [-0.1, -0.05) is 6.07 Å². The largest absolute Gasteiger partial charge is 0.496 e. The summed E-state index contributed by atoms with van der Waals surface area (Å²) in [4.78, 5) is 34.7. The summed E-state index contributed by atoms with van der Waals surface area (Å²) in [6, 6.07) is 4.88. The Labute approximate surface area is 127 Å². The lowest BCUT2D eigenvalue weighted by atomic mass is 10.2. The van der Waals surface area contributed by atoms with Crippen LogP contribution in [0.3, 0.4) is 0 Å². The zero-order chi connectivity index (χ0) is 15.9. The zero-order valence-electron chi connectivity index (χ0n) is 12.2. The molecule has 0 N–H and O–H groups in total. The topological polar surface area (TPSA) is 82.1 Å². The highest BCUT2D eigenvalue weighted by Gasteiger charge is 2.20. The number of hydrogen-bond donors (Lipinski definition) is 0. The molecule has 1 heterocycles. The van der Waals surface area contributed by atoms with Crippen LogP contribution in [0, 0.1) is 0 Å². The average Bonchev–Trinajstić information content (AvgIpc) is 3.02. The Morgan fingerprint density at radius 2 is 1.95 bits per heavy atom. The predicted molar refractivity (Wildman–Crippen MR) is 75.3 cm³/mol. The molecule has 7 nitrogen and oxygen atoms in total. The Bertz CT molecular complexity index is 565. The summed E-state index contributed by atoms with van der Waals surface area (Å²) < 4.78 is 14.0. The lowest BCUT2D eigenvalue weighted by Crippen LogP contribution is -2.22. The normalized spacial score (nSPS) is 14.4. The van der Waals surface area contributed by atoms with Crippen LogP contribution in [0.2, 0.25) is 0 Å². The number of methoxy groups -OCH3 is 1. The number of benzene rings is 1. The van der Waals surface area contributed by atoms with Crippen molar-refractivity contribution in [1.82, 2.24) is 4.90 Å². The van der Waals surface area contributed by atoms with Crippen LogP contribution in [0.15, 0.2) is 18.2 Å². The first-order chi connectivity index (χ1) is 10.6. The Balaban J connectivity index is 2.06. The highest BCUT2D eigenvalue weighted by atomic mass is 16.6. The summed E-state index contributed by atoms with van der Waals surface area (Å²) in [6.07, 6.45) is 2.38. The minimum absolute atomic E-state index is 0.122. The second kappa shape index (κ2) is 7.56. The lowest BCUT2D eigenvalue weighted by Gasteiger charge is -2.17. The van der Waals surface area contributed by atoms with Crippen molar-refractivity contribution >= 4 is 18.4 Å². The Kier molecular flexibility index (Phi) is 5.48. The molecule has 118 valence electrons. The molecule has 0 unspecified atom stereocenters. The van der Waals surface area contributed by atoms with Gasteiger partial charge in [0.1, 0.15) is 11.5 Å². The van der Waals surface area contributed by atoms with E-state index in [1.165, 1.54) is 26.0 Å². The van der Waals surface area contributed by atoms with Crippen molar-refractivity contribution in [2.24, 2.45) is 0 Å². The number of rotatable bonds is 5. The maximum Gasteiger partial charge on any atom is 0.425 e. The lowest BCUT2D eigenvalue weighted by molar-refractivity contribution is -0.164. The average molecular weight is 307 g/mol. The van der Waals surface area contributed by atoms with Crippen molar-refractivity contribution in [3.63, 3.8) is 0 Å². The van der Waals surface area contributed by atoms with Gasteiger partial charge in [-0.05, 0) is 32.0 Å². The monoisotopic (exact) mass is 307 g/mol. The third-order valence-electron chi connectivity index (χ3n) is 3.38. The molecule has 1 aromatic carbocycles. The number of likely N-dealkylation sites (tertiary alicyclic amines) is 1. The Hall–Kier alpha value is -2.41. The van der Waals surface area contributed by atoms with Crippen molar-refractivity contribution in [2.45, 2.75) is 19.4 Å². The molecule has 22 heavy (non-hydrogen) atoms. The molecule has 1 saturated heterocycles. The summed E-state index contributed by atoms with van der Waals surface area (Å²) in [6.45, 7) is 2.74. The van der Waals surface area contributed by atoms with E-state index < -0.39 is 11.9 Å². The molecule has 0 amide bonds. The fraction of sp³-hybridized carbons (Fsp3) is 0.400. The maximum absolute atomic E-state index is 11.4. The molecule has 1 aromatic rings. The molecule has 0 aliphatic carbocycles. The fourth-order valence-corrected chi connectivity index (χ4v) is 2.34. The first-order valence-electron chi connectivity index (χ1n) is 6.89. The summed E-state index contributed by atoms with van der Waals surface area (Å²) in [5.74, 6) is -1.91. The number of esters is 2. The number of carbonyl (C=O) groups is 3. The highest BCUT2D eigenvalue weighted by molar-refractivity contribution is 6.31. The van der Waals surface area contributed by atoms with E-state index in [1.807, 2.05) is 0 Å². The highest BCUT2D eigenvalue weighted by Crippen LogP contribution is 2.27. The second-order valence-electron chi connectivity index (χ2n) is 4.85. The van der Waals surface area contributed by atoms with Crippen molar-refractivity contribution < 1.29 is 28.6 Å². The molecular formula is C15H17NO6. The van der Waals surface area contributed by atoms with Crippen LogP contribution in [0.1, 0.15) is 18.4 Å². The summed E-state index contributed by atoms with van der Waals surface area (Å²) in [5.41, 5.74) is 0.972. The molecule has 0 spiro atoms. The van der Waals surface area contributed by atoms with E-state index in [2.05, 4.69) is 9.64 Å². The van der Waals surface area contributed by atoms with E-state index >= 15 is 0 Å². The predicted octanol–water partition coefficient (Wildman–Crippen LogP) is 0.896. The van der Waals surface area contributed by atoms with Crippen LogP contribution in [0.4, 0.5) is 0 Å². The van der Waals surface area contributed by atoms with Gasteiger partial charge in [0.25, 0.3) is 0 Å². The summed E-state index contributed by atoms with van der Waals surface area (Å²) >= 11 is 0. The van der Waals surface area contributed by atoms with Gasteiger partial charge in [0.15, 0.2) is 0 Å². The van der Waals surface area contributed by atoms with E-state index in [0.29, 0.717) is 5.75 Å². The molecule has 1 fully saturated rings. The molecule has 2 rings (SSSR count). The maximum atomic E-state index is 11.4. The third kappa shape index (κ3) is 4.05. The van der Waals surface area contributed by atoms with Crippen molar-refractivity contribution in [2.75, 3.05) is 20.2 Å². The summed E-state index contributed by atoms with van der Waals surface area (Å²) in [7, 11) is 1.52. The van der Waals surface area contributed by atoms with Crippen molar-refractivity contribution in [3.8, 4) is 11.5 Å². The van der Waals surface area contributed by atoms with Gasteiger partial charge in [0, 0.05) is 18.2 Å². The molecule has 1 aliphatic heterocycles. The van der Waals surface area contributed by atoms with E-state index in [1.54, 1.807) is 12.1 Å². The third-order valence-corrected chi connectivity index (χ3v) is 3.38. The van der Waals surface area contributed by atoms with Gasteiger partial charge in [-0.2, -0.15) is 0 Å². The molecule has 0 saturated carbocycles. The molecular weight excluding hydrogens is 290 g/mol. The molecule has 0 radical (unpaired) electrons. The molecule has 0 bridgehead atoms. The van der Waals surface area contributed by atoms with Crippen LogP contribution in [0.5, 0.6) is 11.5 Å². The fourth-order valence-electron chi connectivity index (χ4n) is 2.34. The van der Waals surface area contributed by atoms with Crippen molar-refractivity contribution in [1.29, 1.82) is 0 Å². The SMILES string of the molecule is COc1cc(OC(=O)C(=O)OC=O)ccc1CN1CCCC1. The van der Waals surface area contributed by atoms with Crippen LogP contribution in [0.25, 0.3) is 0 Å². The van der Waals surface area contributed by atoms with Crippen LogP contribution >= 0.6 is 0 Å². The van der Waals surface area contributed by atoms with Crippen LogP contribution < -0.4 is 9.47 Å². The number of carbonyl (C=O) groups excluding carboxylic acids is 3. The molecule has 0 atom stereocenters. The van der Waals surface area contributed by atoms with Crippen LogP contribution in [-0.4, -0.2) is 43.5 Å². The van der Waals surface area contributed by atoms with E-state index in [4.69, 9.17) is 9.47 Å². The first-order valence-corrected chi connectivity index (χ1v) is 6.89. The van der Waals surface area contributed by atoms with Gasteiger partial charge in [-0.25, -0.2) is 9.59 Å². The molecule has 1 aliphatic rings. The molecule has 7 heteroatoms. The molecule has 0 aromatic heterocycles. The van der Waals surface area contributed by atoms with Gasteiger partial charge in [-0.15, -0.1) is 0 Å². The number of hydrogen-bond acceptors (Lipinski definition) is 7. The quantitative estimate of drug-likeness (QED) is 0.263. The minimum Gasteiger partial charge on any atom is -0.496 e. The number of nitrogens with zero attached hydrogens (tertiary/aromatic N) is 1. The number of ether oxygens (including phenoxy) is 3. The van der Waals surface area contributed by atoms with Gasteiger partial charge in [-0.3, -0.25) is 9.69 Å². The smallest absolute Gasteiger partial charge is 0.425 e. The Morgan fingerprint density at radius 1 is 1.23 bits per heavy atom. The van der Waals surface area contributed by atoms with Gasteiger partial charge < -0.3 is 14.2 Å².